The summed E-state index contributed by atoms with van der Waals surface area (Å²) in [5.41, 5.74) is 0. The molecule has 0 rings (SSSR count). The van der Waals surface area contributed by atoms with Crippen LogP contribution in [0.1, 0.15) is 0 Å². The zero-order valence-corrected chi connectivity index (χ0v) is 5.21. The number of carbonyl (C=O) groups is 1. The van der Waals surface area contributed by atoms with Crippen LogP contribution in [0.3, 0.4) is 0 Å². The standard InChI is InChI=1S/C5H10O5.H4Si/c6-1-3(8)5(10)4(9)2-7;/h1,3-5,7-10H,2H2;1H4/t3-,4+,5+;/m0./s1. The van der Waals surface area contributed by atoms with Crippen LogP contribution in [0.5, 0.6) is 0 Å². The Hall–Kier alpha value is -0.273. The monoisotopic (exact) mass is 182 g/mol. The highest BCUT2D eigenvalue weighted by atomic mass is 28.1. The molecule has 0 bridgehead atoms. The van der Waals surface area contributed by atoms with Crippen LogP contribution in [-0.4, -0.2) is 62.6 Å². The maximum absolute atomic E-state index is 9.76. The van der Waals surface area contributed by atoms with Crippen LogP contribution < -0.4 is 0 Å². The maximum atomic E-state index is 9.76. The second kappa shape index (κ2) is 6.44. The van der Waals surface area contributed by atoms with Gasteiger partial charge in [0.1, 0.15) is 18.3 Å². The van der Waals surface area contributed by atoms with E-state index < -0.39 is 24.9 Å². The Bertz CT molecular complexity index is 109. The number of hydrogen-bond acceptors (Lipinski definition) is 5. The lowest BCUT2D eigenvalue weighted by Gasteiger charge is -2.16. The van der Waals surface area contributed by atoms with Gasteiger partial charge in [-0.3, -0.25) is 0 Å². The van der Waals surface area contributed by atoms with E-state index in [1.807, 2.05) is 0 Å². The van der Waals surface area contributed by atoms with Gasteiger partial charge in [0.15, 0.2) is 6.29 Å². The summed E-state index contributed by atoms with van der Waals surface area (Å²) in [4.78, 5) is 9.76. The SMILES string of the molecule is O=C[C@H](O)[C@@H](O)[C@H](O)CO.[SiH4]. The molecule has 0 radical (unpaired) electrons. The lowest BCUT2D eigenvalue weighted by molar-refractivity contribution is -0.127. The molecule has 5 nitrogen and oxygen atoms in total. The highest BCUT2D eigenvalue weighted by Gasteiger charge is 2.22. The molecule has 0 aliphatic rings. The predicted octanol–water partition coefficient (Wildman–Crippen LogP) is -4.19. The zero-order chi connectivity index (χ0) is 8.15. The molecular weight excluding hydrogens is 168 g/mol. The summed E-state index contributed by atoms with van der Waals surface area (Å²) >= 11 is 0. The third kappa shape index (κ3) is 4.22. The third-order valence-corrected chi connectivity index (χ3v) is 1.07. The molecule has 0 aromatic carbocycles. The number of aldehydes is 1. The van der Waals surface area contributed by atoms with Gasteiger partial charge in [-0.15, -0.1) is 0 Å². The van der Waals surface area contributed by atoms with Gasteiger partial charge in [0.05, 0.1) is 6.61 Å². The highest BCUT2D eigenvalue weighted by Crippen LogP contribution is 1.96. The lowest BCUT2D eigenvalue weighted by Crippen LogP contribution is -2.40. The first-order chi connectivity index (χ1) is 4.63. The van der Waals surface area contributed by atoms with E-state index in [2.05, 4.69) is 0 Å². The minimum absolute atomic E-state index is 0. The molecule has 68 valence electrons. The first kappa shape index (κ1) is 13.3. The molecule has 0 heterocycles. The fourth-order valence-corrected chi connectivity index (χ4v) is 0.416. The number of rotatable bonds is 4. The van der Waals surface area contributed by atoms with Crippen LogP contribution in [0.25, 0.3) is 0 Å². The number of hydrogen-bond donors (Lipinski definition) is 4. The van der Waals surface area contributed by atoms with Crippen LogP contribution >= 0.6 is 0 Å². The van der Waals surface area contributed by atoms with Crippen molar-refractivity contribution in [2.75, 3.05) is 6.61 Å². The second-order valence-electron chi connectivity index (χ2n) is 1.87. The van der Waals surface area contributed by atoms with E-state index in [9.17, 15) is 4.79 Å². The average Bonchev–Trinajstić information content (AvgIpc) is 2.00. The summed E-state index contributed by atoms with van der Waals surface area (Å²) in [7, 11) is 0. The lowest BCUT2D eigenvalue weighted by atomic mass is 10.1. The van der Waals surface area contributed by atoms with E-state index in [1.54, 1.807) is 0 Å². The average molecular weight is 182 g/mol. The second-order valence-corrected chi connectivity index (χ2v) is 1.87. The summed E-state index contributed by atoms with van der Waals surface area (Å²) < 4.78 is 0. The Morgan fingerprint density at radius 2 is 1.73 bits per heavy atom. The minimum Gasteiger partial charge on any atom is -0.394 e. The molecule has 0 amide bonds. The van der Waals surface area contributed by atoms with Gasteiger partial charge in [-0.1, -0.05) is 0 Å². The number of aliphatic hydroxyl groups is 4. The van der Waals surface area contributed by atoms with Gasteiger partial charge in [-0.25, -0.2) is 0 Å². The molecule has 0 spiro atoms. The Morgan fingerprint density at radius 3 is 2.00 bits per heavy atom. The molecule has 0 unspecified atom stereocenters. The number of aliphatic hydroxyl groups excluding tert-OH is 4. The fourth-order valence-electron chi connectivity index (χ4n) is 0.416. The van der Waals surface area contributed by atoms with Crippen LogP contribution in [0.2, 0.25) is 0 Å². The van der Waals surface area contributed by atoms with Crippen molar-refractivity contribution >= 4 is 17.3 Å². The molecule has 6 heteroatoms. The molecule has 4 N–H and O–H groups in total. The van der Waals surface area contributed by atoms with Gasteiger partial charge in [-0.05, 0) is 11.0 Å². The quantitative estimate of drug-likeness (QED) is 0.261. The molecule has 0 aromatic heterocycles. The summed E-state index contributed by atoms with van der Waals surface area (Å²) in [6.45, 7) is -0.688. The molecule has 0 aromatic rings. The van der Waals surface area contributed by atoms with Crippen LogP contribution in [0.4, 0.5) is 0 Å². The molecular formula is C5H14O5Si. The van der Waals surface area contributed by atoms with Crippen molar-refractivity contribution in [1.29, 1.82) is 0 Å². The molecule has 3 atom stereocenters. The van der Waals surface area contributed by atoms with Gasteiger partial charge in [0, 0.05) is 0 Å². The van der Waals surface area contributed by atoms with Crippen molar-refractivity contribution in [3.63, 3.8) is 0 Å². The minimum atomic E-state index is -1.64. The molecule has 0 saturated carbocycles. The molecule has 0 aliphatic heterocycles. The van der Waals surface area contributed by atoms with E-state index in [0.717, 1.165) is 0 Å². The van der Waals surface area contributed by atoms with E-state index >= 15 is 0 Å². The first-order valence-corrected chi connectivity index (χ1v) is 2.73. The van der Waals surface area contributed by atoms with Gasteiger partial charge in [0.2, 0.25) is 0 Å². The Morgan fingerprint density at radius 1 is 1.27 bits per heavy atom. The Labute approximate surface area is 68.3 Å². The number of carbonyl (C=O) groups excluding carboxylic acids is 1. The molecule has 0 aliphatic carbocycles. The largest absolute Gasteiger partial charge is 0.394 e. The summed E-state index contributed by atoms with van der Waals surface area (Å²) in [6, 6.07) is 0. The Balaban J connectivity index is 0. The van der Waals surface area contributed by atoms with E-state index in [1.165, 1.54) is 0 Å². The normalized spacial score (nSPS) is 17.8. The van der Waals surface area contributed by atoms with Gasteiger partial charge in [-0.2, -0.15) is 0 Å². The van der Waals surface area contributed by atoms with E-state index in [4.69, 9.17) is 20.4 Å². The van der Waals surface area contributed by atoms with Crippen molar-refractivity contribution in [3.8, 4) is 0 Å². The summed E-state index contributed by atoms with van der Waals surface area (Å²) in [6.07, 6.45) is -4.63. The summed E-state index contributed by atoms with van der Waals surface area (Å²) in [5.74, 6) is 0. The fraction of sp³-hybridized carbons (Fsp3) is 0.800. The van der Waals surface area contributed by atoms with Crippen molar-refractivity contribution in [2.24, 2.45) is 0 Å². The highest BCUT2D eigenvalue weighted by molar-refractivity contribution is 5.75. The van der Waals surface area contributed by atoms with Crippen LogP contribution in [0.15, 0.2) is 0 Å². The van der Waals surface area contributed by atoms with Crippen molar-refractivity contribution < 1.29 is 25.2 Å². The maximum Gasteiger partial charge on any atom is 0.151 e. The van der Waals surface area contributed by atoms with Gasteiger partial charge in [0.25, 0.3) is 0 Å². The van der Waals surface area contributed by atoms with Gasteiger partial charge < -0.3 is 25.2 Å². The van der Waals surface area contributed by atoms with Crippen LogP contribution in [0, 0.1) is 0 Å². The first-order valence-electron chi connectivity index (χ1n) is 2.73. The van der Waals surface area contributed by atoms with E-state index in [-0.39, 0.29) is 17.3 Å². The molecule has 11 heavy (non-hydrogen) atoms. The molecule has 0 fully saturated rings. The topological polar surface area (TPSA) is 98.0 Å². The Kier molecular flexibility index (Phi) is 7.80. The summed E-state index contributed by atoms with van der Waals surface area (Å²) in [5, 5.41) is 34.1. The molecule has 0 saturated heterocycles. The van der Waals surface area contributed by atoms with Crippen LogP contribution in [-0.2, 0) is 4.79 Å². The smallest absolute Gasteiger partial charge is 0.151 e. The van der Waals surface area contributed by atoms with Crippen molar-refractivity contribution in [2.45, 2.75) is 18.3 Å². The predicted molar refractivity (Wildman–Crippen MR) is 42.5 cm³/mol. The third-order valence-electron chi connectivity index (χ3n) is 1.07. The van der Waals surface area contributed by atoms with Crippen molar-refractivity contribution in [1.82, 2.24) is 0 Å². The van der Waals surface area contributed by atoms with Crippen molar-refractivity contribution in [3.05, 3.63) is 0 Å². The van der Waals surface area contributed by atoms with Gasteiger partial charge >= 0.3 is 0 Å². The zero-order valence-electron chi connectivity index (χ0n) is 5.21. The van der Waals surface area contributed by atoms with E-state index in [0.29, 0.717) is 0 Å².